The van der Waals surface area contributed by atoms with E-state index >= 15 is 0 Å². The fourth-order valence-electron chi connectivity index (χ4n) is 2.19. The normalized spacial score (nSPS) is 10.0. The van der Waals surface area contributed by atoms with E-state index in [-0.39, 0.29) is 0 Å². The second-order valence-corrected chi connectivity index (χ2v) is 5.68. The summed E-state index contributed by atoms with van der Waals surface area (Å²) in [5.41, 5.74) is 1.42. The standard InChI is InChI=1S/C18H19ClN2O5/c1-10-7-14(16(26-4)9-12(10)19)21-18(23)17(22)20-13-6-5-11(24-2)8-15(13)25-3/h5-9H,1-4H3,(H,20,22)(H,21,23). The van der Waals surface area contributed by atoms with E-state index in [1.54, 1.807) is 37.3 Å². The molecule has 0 spiro atoms. The molecule has 138 valence electrons. The lowest BCUT2D eigenvalue weighted by atomic mass is 10.2. The molecule has 2 N–H and O–H groups in total. The van der Waals surface area contributed by atoms with Crippen molar-refractivity contribution >= 4 is 34.8 Å². The van der Waals surface area contributed by atoms with E-state index in [1.165, 1.54) is 21.3 Å². The first-order chi connectivity index (χ1) is 12.4. The van der Waals surface area contributed by atoms with E-state index in [1.807, 2.05) is 0 Å². The Morgan fingerprint density at radius 2 is 1.42 bits per heavy atom. The highest BCUT2D eigenvalue weighted by molar-refractivity contribution is 6.44. The highest BCUT2D eigenvalue weighted by atomic mass is 35.5. The van der Waals surface area contributed by atoms with E-state index in [2.05, 4.69) is 10.6 Å². The van der Waals surface area contributed by atoms with Gasteiger partial charge in [-0.3, -0.25) is 9.59 Å². The van der Waals surface area contributed by atoms with Gasteiger partial charge in [-0.1, -0.05) is 11.6 Å². The molecule has 0 heterocycles. The highest BCUT2D eigenvalue weighted by Crippen LogP contribution is 2.31. The van der Waals surface area contributed by atoms with Gasteiger partial charge < -0.3 is 24.8 Å². The second kappa shape index (κ2) is 8.44. The fraction of sp³-hybridized carbons (Fsp3) is 0.222. The quantitative estimate of drug-likeness (QED) is 0.780. The summed E-state index contributed by atoms with van der Waals surface area (Å²) < 4.78 is 15.5. The van der Waals surface area contributed by atoms with Gasteiger partial charge in [-0.05, 0) is 30.7 Å². The van der Waals surface area contributed by atoms with Crippen LogP contribution in [0, 0.1) is 6.92 Å². The zero-order valence-electron chi connectivity index (χ0n) is 14.8. The Bertz CT molecular complexity index is 839. The van der Waals surface area contributed by atoms with Crippen LogP contribution in [-0.4, -0.2) is 33.1 Å². The number of hydrogen-bond donors (Lipinski definition) is 2. The van der Waals surface area contributed by atoms with Crippen LogP contribution in [0.3, 0.4) is 0 Å². The molecule has 0 aromatic heterocycles. The third-order valence-electron chi connectivity index (χ3n) is 3.59. The maximum Gasteiger partial charge on any atom is 0.314 e. The topological polar surface area (TPSA) is 85.9 Å². The zero-order chi connectivity index (χ0) is 19.3. The number of ether oxygens (including phenoxy) is 3. The monoisotopic (exact) mass is 378 g/mol. The van der Waals surface area contributed by atoms with Gasteiger partial charge in [0.2, 0.25) is 0 Å². The molecule has 0 bridgehead atoms. The minimum Gasteiger partial charge on any atom is -0.497 e. The van der Waals surface area contributed by atoms with Gasteiger partial charge >= 0.3 is 11.8 Å². The Morgan fingerprint density at radius 3 is 2.00 bits per heavy atom. The minimum absolute atomic E-state index is 0.340. The molecule has 7 nitrogen and oxygen atoms in total. The van der Waals surface area contributed by atoms with Gasteiger partial charge in [0.15, 0.2) is 0 Å². The van der Waals surface area contributed by atoms with E-state index < -0.39 is 11.8 Å². The number of nitrogens with one attached hydrogen (secondary N) is 2. The van der Waals surface area contributed by atoms with Gasteiger partial charge in [-0.2, -0.15) is 0 Å². The molecule has 0 aliphatic heterocycles. The Hall–Kier alpha value is -2.93. The lowest BCUT2D eigenvalue weighted by molar-refractivity contribution is -0.133. The predicted molar refractivity (Wildman–Crippen MR) is 99.5 cm³/mol. The maximum absolute atomic E-state index is 12.2. The lowest BCUT2D eigenvalue weighted by Gasteiger charge is -2.13. The smallest absolute Gasteiger partial charge is 0.314 e. The molecule has 0 aliphatic rings. The lowest BCUT2D eigenvalue weighted by Crippen LogP contribution is -2.29. The first-order valence-electron chi connectivity index (χ1n) is 7.58. The fourth-order valence-corrected chi connectivity index (χ4v) is 2.34. The number of amides is 2. The number of hydrogen-bond acceptors (Lipinski definition) is 5. The van der Waals surface area contributed by atoms with E-state index in [4.69, 9.17) is 25.8 Å². The van der Waals surface area contributed by atoms with Crippen molar-refractivity contribution < 1.29 is 23.8 Å². The first-order valence-corrected chi connectivity index (χ1v) is 7.96. The average molecular weight is 379 g/mol. The van der Waals surface area contributed by atoms with Crippen molar-refractivity contribution in [1.29, 1.82) is 0 Å². The molecule has 2 aromatic rings. The predicted octanol–water partition coefficient (Wildman–Crippen LogP) is 3.25. The Kier molecular flexibility index (Phi) is 6.30. The number of rotatable bonds is 5. The molecule has 8 heteroatoms. The van der Waals surface area contributed by atoms with Gasteiger partial charge in [0.05, 0.1) is 32.7 Å². The molecule has 0 fully saturated rings. The van der Waals surface area contributed by atoms with Crippen LogP contribution in [0.4, 0.5) is 11.4 Å². The van der Waals surface area contributed by atoms with Crippen molar-refractivity contribution in [3.05, 3.63) is 40.9 Å². The van der Waals surface area contributed by atoms with Crippen LogP contribution in [0.25, 0.3) is 0 Å². The molecule has 2 rings (SSSR count). The van der Waals surface area contributed by atoms with Gasteiger partial charge in [0.1, 0.15) is 17.2 Å². The zero-order valence-corrected chi connectivity index (χ0v) is 15.6. The summed E-state index contributed by atoms with van der Waals surface area (Å²) in [5, 5.41) is 5.50. The van der Waals surface area contributed by atoms with Crippen LogP contribution < -0.4 is 24.8 Å². The molecule has 0 radical (unpaired) electrons. The molecular weight excluding hydrogens is 360 g/mol. The van der Waals surface area contributed by atoms with Crippen molar-refractivity contribution in [1.82, 2.24) is 0 Å². The molecule has 0 atom stereocenters. The molecule has 0 aliphatic carbocycles. The number of benzene rings is 2. The number of carbonyl (C=O) groups excluding carboxylic acids is 2. The molecule has 26 heavy (non-hydrogen) atoms. The van der Waals surface area contributed by atoms with E-state index in [0.29, 0.717) is 33.6 Å². The average Bonchev–Trinajstić information content (AvgIpc) is 2.64. The summed E-state index contributed by atoms with van der Waals surface area (Å²) in [5.74, 6) is -0.439. The van der Waals surface area contributed by atoms with Crippen LogP contribution in [0.15, 0.2) is 30.3 Å². The molecule has 2 amide bonds. The Morgan fingerprint density at radius 1 is 0.846 bits per heavy atom. The van der Waals surface area contributed by atoms with Crippen molar-refractivity contribution in [3.63, 3.8) is 0 Å². The summed E-state index contributed by atoms with van der Waals surface area (Å²) in [7, 11) is 4.41. The Balaban J connectivity index is 2.16. The number of anilines is 2. The molecule has 2 aromatic carbocycles. The van der Waals surface area contributed by atoms with E-state index in [0.717, 1.165) is 5.56 Å². The first kappa shape index (κ1) is 19.4. The molecule has 0 saturated carbocycles. The molecular formula is C18H19ClN2O5. The van der Waals surface area contributed by atoms with Crippen LogP contribution in [0.1, 0.15) is 5.56 Å². The van der Waals surface area contributed by atoms with Crippen LogP contribution in [0.5, 0.6) is 17.2 Å². The highest BCUT2D eigenvalue weighted by Gasteiger charge is 2.19. The Labute approximate surface area is 156 Å². The van der Waals surface area contributed by atoms with Crippen molar-refractivity contribution in [3.8, 4) is 17.2 Å². The summed E-state index contributed by atoms with van der Waals surface area (Å²) in [6.45, 7) is 1.78. The van der Waals surface area contributed by atoms with Crippen molar-refractivity contribution in [2.24, 2.45) is 0 Å². The summed E-state index contributed by atoms with van der Waals surface area (Å²) in [6.07, 6.45) is 0. The largest absolute Gasteiger partial charge is 0.497 e. The summed E-state index contributed by atoms with van der Waals surface area (Å²) in [6, 6.07) is 8.01. The minimum atomic E-state index is -0.858. The van der Waals surface area contributed by atoms with Crippen molar-refractivity contribution in [2.75, 3.05) is 32.0 Å². The van der Waals surface area contributed by atoms with Gasteiger partial charge in [-0.15, -0.1) is 0 Å². The third kappa shape index (κ3) is 4.37. The number of carbonyl (C=O) groups is 2. The van der Waals surface area contributed by atoms with Gasteiger partial charge in [0, 0.05) is 17.2 Å². The van der Waals surface area contributed by atoms with Gasteiger partial charge in [0.25, 0.3) is 0 Å². The van der Waals surface area contributed by atoms with Crippen LogP contribution in [-0.2, 0) is 9.59 Å². The summed E-state index contributed by atoms with van der Waals surface area (Å²) in [4.78, 5) is 24.4. The van der Waals surface area contributed by atoms with Crippen LogP contribution in [0.2, 0.25) is 5.02 Å². The van der Waals surface area contributed by atoms with E-state index in [9.17, 15) is 9.59 Å². The molecule has 0 saturated heterocycles. The second-order valence-electron chi connectivity index (χ2n) is 5.28. The SMILES string of the molecule is COc1ccc(NC(=O)C(=O)Nc2cc(C)c(Cl)cc2OC)c(OC)c1. The maximum atomic E-state index is 12.2. The number of methoxy groups -OCH3 is 3. The third-order valence-corrected chi connectivity index (χ3v) is 4.00. The molecule has 0 unspecified atom stereocenters. The van der Waals surface area contributed by atoms with Gasteiger partial charge in [-0.25, -0.2) is 0 Å². The number of aryl methyl sites for hydroxylation is 1. The van der Waals surface area contributed by atoms with Crippen LogP contribution >= 0.6 is 11.6 Å². The summed E-state index contributed by atoms with van der Waals surface area (Å²) >= 11 is 6.03. The number of halogens is 1. The van der Waals surface area contributed by atoms with Crippen molar-refractivity contribution in [2.45, 2.75) is 6.92 Å².